The van der Waals surface area contributed by atoms with Crippen LogP contribution in [0.3, 0.4) is 0 Å². The molecule has 0 aliphatic heterocycles. The molecule has 0 atom stereocenters. The highest BCUT2D eigenvalue weighted by atomic mass is 16.1. The molecule has 1 amide bonds. The molecule has 0 saturated carbocycles. The molecule has 0 saturated heterocycles. The molecule has 2 aromatic heterocycles. The molecule has 0 aliphatic rings. The van der Waals surface area contributed by atoms with E-state index in [1.165, 1.54) is 4.68 Å². The smallest absolute Gasteiger partial charge is 0.257 e. The Labute approximate surface area is 109 Å². The number of nitrogens with zero attached hydrogens (tertiary/aromatic N) is 6. The second-order valence-corrected chi connectivity index (χ2v) is 3.72. The van der Waals surface area contributed by atoms with Gasteiger partial charge in [0.15, 0.2) is 0 Å². The summed E-state index contributed by atoms with van der Waals surface area (Å²) >= 11 is 0. The van der Waals surface area contributed by atoms with Crippen molar-refractivity contribution < 1.29 is 4.79 Å². The van der Waals surface area contributed by atoms with Crippen LogP contribution in [0.1, 0.15) is 6.92 Å². The molecule has 4 N–H and O–H groups in total. The van der Waals surface area contributed by atoms with Crippen molar-refractivity contribution in [1.82, 2.24) is 24.7 Å². The zero-order chi connectivity index (χ0) is 13.8. The number of hydrogen-bond acceptors (Lipinski definition) is 7. The summed E-state index contributed by atoms with van der Waals surface area (Å²) in [6.45, 7) is 2.39. The van der Waals surface area contributed by atoms with E-state index >= 15 is 0 Å². The van der Waals surface area contributed by atoms with Crippen LogP contribution < -0.4 is 16.4 Å². The maximum atomic E-state index is 11.0. The van der Waals surface area contributed by atoms with Crippen LogP contribution in [0.25, 0.3) is 5.95 Å². The molecule has 0 unspecified atom stereocenters. The van der Waals surface area contributed by atoms with Gasteiger partial charge in [-0.15, -0.1) is 0 Å². The van der Waals surface area contributed by atoms with E-state index in [0.29, 0.717) is 12.5 Å². The van der Waals surface area contributed by atoms with Crippen molar-refractivity contribution in [3.8, 4) is 5.95 Å². The molecule has 0 aromatic carbocycles. The summed E-state index contributed by atoms with van der Waals surface area (Å²) in [5.74, 6) is 0.162. The standard InChI is InChI=1S/C10H14N8O/c1-2-17(6-7(11)19)9-14-8(12)15-10(16-9)18-5-3-4-13-18/h3-5H,2,6H2,1H3,(H2,11,19)(H2,12,14,15,16). The Morgan fingerprint density at radius 2 is 2.21 bits per heavy atom. The Hall–Kier alpha value is -2.71. The molecular weight excluding hydrogens is 248 g/mol. The van der Waals surface area contributed by atoms with Gasteiger partial charge in [-0.1, -0.05) is 0 Å². The Kier molecular flexibility index (Phi) is 3.55. The molecular formula is C10H14N8O. The molecule has 0 bridgehead atoms. The quantitative estimate of drug-likeness (QED) is 0.703. The molecule has 2 heterocycles. The third-order valence-corrected chi connectivity index (χ3v) is 2.35. The number of anilines is 2. The van der Waals surface area contributed by atoms with Gasteiger partial charge in [0.2, 0.25) is 17.8 Å². The second-order valence-electron chi connectivity index (χ2n) is 3.72. The monoisotopic (exact) mass is 262 g/mol. The van der Waals surface area contributed by atoms with Gasteiger partial charge in [0.05, 0.1) is 6.54 Å². The molecule has 0 radical (unpaired) electrons. The molecule has 9 nitrogen and oxygen atoms in total. The lowest BCUT2D eigenvalue weighted by Gasteiger charge is -2.19. The van der Waals surface area contributed by atoms with Gasteiger partial charge in [-0.2, -0.15) is 20.1 Å². The Morgan fingerprint density at radius 1 is 1.42 bits per heavy atom. The van der Waals surface area contributed by atoms with Crippen LogP contribution in [0.4, 0.5) is 11.9 Å². The highest BCUT2D eigenvalue weighted by Gasteiger charge is 2.14. The van der Waals surface area contributed by atoms with E-state index in [0.717, 1.165) is 0 Å². The van der Waals surface area contributed by atoms with Crippen molar-refractivity contribution in [2.45, 2.75) is 6.92 Å². The van der Waals surface area contributed by atoms with Gasteiger partial charge in [0, 0.05) is 18.9 Å². The van der Waals surface area contributed by atoms with Gasteiger partial charge in [-0.25, -0.2) is 4.68 Å². The highest BCUT2D eigenvalue weighted by molar-refractivity contribution is 5.78. The number of nitrogens with two attached hydrogens (primary N) is 2. The maximum Gasteiger partial charge on any atom is 0.257 e. The fraction of sp³-hybridized carbons (Fsp3) is 0.300. The molecule has 100 valence electrons. The van der Waals surface area contributed by atoms with Crippen LogP contribution in [0.5, 0.6) is 0 Å². The predicted octanol–water partition coefficient (Wildman–Crippen LogP) is -1.05. The van der Waals surface area contributed by atoms with E-state index in [1.807, 2.05) is 6.92 Å². The number of rotatable bonds is 5. The van der Waals surface area contributed by atoms with Crippen LogP contribution in [0.2, 0.25) is 0 Å². The number of carbonyl (C=O) groups excluding carboxylic acids is 1. The molecule has 0 spiro atoms. The summed E-state index contributed by atoms with van der Waals surface area (Å²) in [6.07, 6.45) is 3.28. The van der Waals surface area contributed by atoms with Crippen LogP contribution >= 0.6 is 0 Å². The summed E-state index contributed by atoms with van der Waals surface area (Å²) < 4.78 is 1.46. The molecule has 0 fully saturated rings. The van der Waals surface area contributed by atoms with Crippen molar-refractivity contribution >= 4 is 17.8 Å². The molecule has 0 aliphatic carbocycles. The first-order chi connectivity index (χ1) is 9.10. The van der Waals surface area contributed by atoms with Crippen LogP contribution in [-0.2, 0) is 4.79 Å². The fourth-order valence-electron chi connectivity index (χ4n) is 1.51. The second kappa shape index (κ2) is 5.29. The van der Waals surface area contributed by atoms with Crippen molar-refractivity contribution in [3.05, 3.63) is 18.5 Å². The Bertz CT molecular complexity index is 567. The van der Waals surface area contributed by atoms with E-state index in [4.69, 9.17) is 11.5 Å². The van der Waals surface area contributed by atoms with Crippen molar-refractivity contribution in [2.24, 2.45) is 5.73 Å². The lowest BCUT2D eigenvalue weighted by atomic mass is 10.5. The normalized spacial score (nSPS) is 10.4. The number of likely N-dealkylation sites (N-methyl/N-ethyl adjacent to an activating group) is 1. The first-order valence-electron chi connectivity index (χ1n) is 5.65. The molecule has 2 rings (SSSR count). The van der Waals surface area contributed by atoms with Gasteiger partial charge in [-0.05, 0) is 13.0 Å². The SMILES string of the molecule is CCN(CC(N)=O)c1nc(N)nc(-n2cccn2)n1. The van der Waals surface area contributed by atoms with Crippen molar-refractivity contribution in [2.75, 3.05) is 23.7 Å². The third-order valence-electron chi connectivity index (χ3n) is 2.35. The summed E-state index contributed by atoms with van der Waals surface area (Å²) in [7, 11) is 0. The zero-order valence-electron chi connectivity index (χ0n) is 10.4. The minimum absolute atomic E-state index is 0.0124. The van der Waals surface area contributed by atoms with Crippen LogP contribution in [0, 0.1) is 0 Å². The van der Waals surface area contributed by atoms with Gasteiger partial charge >= 0.3 is 0 Å². The maximum absolute atomic E-state index is 11.0. The minimum Gasteiger partial charge on any atom is -0.368 e. The number of aromatic nitrogens is 5. The van der Waals surface area contributed by atoms with Crippen LogP contribution in [0.15, 0.2) is 18.5 Å². The summed E-state index contributed by atoms with van der Waals surface area (Å²) in [5.41, 5.74) is 10.8. The minimum atomic E-state index is -0.471. The van der Waals surface area contributed by atoms with E-state index in [1.54, 1.807) is 23.4 Å². The zero-order valence-corrected chi connectivity index (χ0v) is 10.4. The van der Waals surface area contributed by atoms with E-state index < -0.39 is 5.91 Å². The first-order valence-corrected chi connectivity index (χ1v) is 5.65. The third kappa shape index (κ3) is 2.94. The van der Waals surface area contributed by atoms with E-state index in [9.17, 15) is 4.79 Å². The molecule has 19 heavy (non-hydrogen) atoms. The van der Waals surface area contributed by atoms with Crippen molar-refractivity contribution in [3.63, 3.8) is 0 Å². The van der Waals surface area contributed by atoms with E-state index in [2.05, 4.69) is 20.1 Å². The summed E-state index contributed by atoms with van der Waals surface area (Å²) in [5, 5.41) is 4.01. The fourth-order valence-corrected chi connectivity index (χ4v) is 1.51. The number of carbonyl (C=O) groups is 1. The Morgan fingerprint density at radius 3 is 2.79 bits per heavy atom. The van der Waals surface area contributed by atoms with E-state index in [-0.39, 0.29) is 18.4 Å². The summed E-state index contributed by atoms with van der Waals surface area (Å²) in [6, 6.07) is 1.74. The Balaban J connectivity index is 2.38. The first kappa shape index (κ1) is 12.7. The molecule has 9 heteroatoms. The number of amides is 1. The number of nitrogen functional groups attached to an aromatic ring is 1. The molecule has 2 aromatic rings. The lowest BCUT2D eigenvalue weighted by molar-refractivity contribution is -0.116. The van der Waals surface area contributed by atoms with Gasteiger partial charge in [0.25, 0.3) is 5.95 Å². The average molecular weight is 262 g/mol. The number of hydrogen-bond donors (Lipinski definition) is 2. The average Bonchev–Trinajstić information content (AvgIpc) is 2.88. The van der Waals surface area contributed by atoms with Gasteiger partial charge in [-0.3, -0.25) is 4.79 Å². The lowest BCUT2D eigenvalue weighted by Crippen LogP contribution is -2.35. The topological polar surface area (TPSA) is 129 Å². The largest absolute Gasteiger partial charge is 0.368 e. The number of primary amides is 1. The van der Waals surface area contributed by atoms with Gasteiger partial charge < -0.3 is 16.4 Å². The van der Waals surface area contributed by atoms with Crippen LogP contribution in [-0.4, -0.2) is 43.7 Å². The van der Waals surface area contributed by atoms with Gasteiger partial charge in [0.1, 0.15) is 0 Å². The highest BCUT2D eigenvalue weighted by Crippen LogP contribution is 2.10. The predicted molar refractivity (Wildman–Crippen MR) is 68.4 cm³/mol. The summed E-state index contributed by atoms with van der Waals surface area (Å²) in [4.78, 5) is 24.8. The van der Waals surface area contributed by atoms with Crippen molar-refractivity contribution in [1.29, 1.82) is 0 Å².